The second kappa shape index (κ2) is 6.64. The monoisotopic (exact) mass is 311 g/mol. The van der Waals surface area contributed by atoms with Crippen molar-refractivity contribution in [2.24, 2.45) is 11.5 Å². The van der Waals surface area contributed by atoms with Crippen molar-refractivity contribution in [2.75, 3.05) is 0 Å². The van der Waals surface area contributed by atoms with Gasteiger partial charge in [-0.1, -0.05) is 41.5 Å². The van der Waals surface area contributed by atoms with Gasteiger partial charge in [0.25, 0.3) is 4.92 Å². The normalized spacial score (nSPS) is 11.4. The minimum absolute atomic E-state index is 0.141. The first-order valence-corrected chi connectivity index (χ1v) is 6.81. The van der Waals surface area contributed by atoms with Crippen LogP contribution in [0.25, 0.3) is 0 Å². The Labute approximate surface area is 131 Å². The Morgan fingerprint density at radius 3 is 1.50 bits per heavy atom. The minimum atomic E-state index is -0.333. The molecule has 1 aromatic rings. The predicted molar refractivity (Wildman–Crippen MR) is 86.7 cm³/mol. The van der Waals surface area contributed by atoms with Crippen molar-refractivity contribution in [3.63, 3.8) is 0 Å². The zero-order valence-corrected chi connectivity index (χ0v) is 14.1. The molecule has 0 heterocycles. The van der Waals surface area contributed by atoms with Crippen molar-refractivity contribution in [3.8, 4) is 5.75 Å². The Balaban J connectivity index is 0.000000980. The van der Waals surface area contributed by atoms with Gasteiger partial charge in [0.15, 0.2) is 5.96 Å². The van der Waals surface area contributed by atoms with Gasteiger partial charge in [-0.15, -0.1) is 0 Å². The van der Waals surface area contributed by atoms with E-state index in [1.165, 1.54) is 12.1 Å². The second-order valence-electron chi connectivity index (χ2n) is 7.12. The van der Waals surface area contributed by atoms with E-state index in [2.05, 4.69) is 11.5 Å². The fourth-order valence-electron chi connectivity index (χ4n) is 1.87. The van der Waals surface area contributed by atoms with E-state index in [1.807, 2.05) is 41.5 Å². The average molecular weight is 311 g/mol. The number of phenolic OH excluding ortho intramolecular Hbond substituents is 1. The molecule has 124 valence electrons. The summed E-state index contributed by atoms with van der Waals surface area (Å²) in [6.45, 7) is 11.7. The standard InChI is InChI=1S/C14H21NO3.CH5N3/c1-13(2,3)10-7-9(15(17)18)8-11(12(10)16)14(4,5)6;2-1(3)4/h7-8H,1-6H3,(H-,16,17,18);(H5,2,3,4)/p+1. The van der Waals surface area contributed by atoms with E-state index in [4.69, 9.17) is 10.6 Å². The van der Waals surface area contributed by atoms with Crippen molar-refractivity contribution in [2.45, 2.75) is 52.4 Å². The van der Waals surface area contributed by atoms with E-state index in [0.29, 0.717) is 11.1 Å². The fourth-order valence-corrected chi connectivity index (χ4v) is 1.87. The lowest BCUT2D eigenvalue weighted by Crippen LogP contribution is -2.20. The van der Waals surface area contributed by atoms with Gasteiger partial charge in [-0.05, 0) is 10.8 Å². The summed E-state index contributed by atoms with van der Waals surface area (Å²) in [5.74, 6) is -0.138. The van der Waals surface area contributed by atoms with Crippen LogP contribution in [-0.4, -0.2) is 21.2 Å². The third-order valence-corrected chi connectivity index (χ3v) is 2.93. The van der Waals surface area contributed by atoms with Gasteiger partial charge in [-0.2, -0.15) is 0 Å². The highest BCUT2D eigenvalue weighted by molar-refractivity contribution is 5.71. The molecule has 0 saturated carbocycles. The highest BCUT2D eigenvalue weighted by Gasteiger charge is 2.30. The van der Waals surface area contributed by atoms with E-state index >= 15 is 0 Å². The van der Waals surface area contributed by atoms with Crippen LogP contribution in [0.4, 0.5) is 5.69 Å². The molecule has 1 rings (SSSR count). The van der Waals surface area contributed by atoms with Crippen LogP contribution >= 0.6 is 0 Å². The maximum atomic E-state index is 11.1. The Bertz CT molecular complexity index is 530. The quantitative estimate of drug-likeness (QED) is 0.308. The molecule has 0 fully saturated rings. The summed E-state index contributed by atoms with van der Waals surface area (Å²) in [4.78, 5) is 10.9. The van der Waals surface area contributed by atoms with Gasteiger partial charge in [-0.3, -0.25) is 5.41 Å². The summed E-state index contributed by atoms with van der Waals surface area (Å²) in [5, 5.41) is 25.5. The van der Waals surface area contributed by atoms with Crippen molar-refractivity contribution in [1.29, 1.82) is 5.41 Å². The van der Waals surface area contributed by atoms with Gasteiger partial charge in [0, 0.05) is 23.3 Å². The molecular weight excluding hydrogens is 284 g/mol. The third-order valence-electron chi connectivity index (χ3n) is 2.93. The molecule has 7 N–H and O–H groups in total. The molecule has 7 nitrogen and oxygen atoms in total. The fraction of sp³-hybridized carbons (Fsp3) is 0.533. The maximum Gasteiger partial charge on any atom is 0.317 e. The topological polar surface area (TPSA) is 136 Å². The molecule has 1 aromatic carbocycles. The van der Waals surface area contributed by atoms with Crippen LogP contribution in [0.15, 0.2) is 12.1 Å². The number of guanidine groups is 1. The molecule has 0 bridgehead atoms. The third kappa shape index (κ3) is 5.59. The van der Waals surface area contributed by atoms with Gasteiger partial charge in [0.2, 0.25) is 0 Å². The number of hydrogen-bond acceptors (Lipinski definition) is 3. The second-order valence-corrected chi connectivity index (χ2v) is 7.12. The summed E-state index contributed by atoms with van der Waals surface area (Å²) < 4.78 is 0. The van der Waals surface area contributed by atoms with E-state index in [-0.39, 0.29) is 33.1 Å². The summed E-state index contributed by atoms with van der Waals surface area (Å²) in [6.07, 6.45) is 0. The van der Waals surface area contributed by atoms with Crippen molar-refractivity contribution >= 4 is 11.6 Å². The molecule has 0 radical (unpaired) electrons. The molecule has 0 aliphatic carbocycles. The Morgan fingerprint density at radius 1 is 1.05 bits per heavy atom. The van der Waals surface area contributed by atoms with Crippen molar-refractivity contribution < 1.29 is 15.2 Å². The van der Waals surface area contributed by atoms with Crippen LogP contribution in [0.2, 0.25) is 0 Å². The molecule has 0 aliphatic heterocycles. The largest absolute Gasteiger partial charge is 0.507 e. The first kappa shape index (κ1) is 19.7. The van der Waals surface area contributed by atoms with Crippen LogP contribution in [-0.2, 0) is 10.8 Å². The summed E-state index contributed by atoms with van der Waals surface area (Å²) in [7, 11) is 0. The number of nitrogens with one attached hydrogen (secondary N) is 1. The minimum Gasteiger partial charge on any atom is -0.507 e. The molecule has 0 aromatic heterocycles. The molecule has 0 atom stereocenters. The van der Waals surface area contributed by atoms with E-state index in [0.717, 1.165) is 0 Å². The zero-order chi connectivity index (χ0) is 17.9. The molecule has 0 unspecified atom stereocenters. The highest BCUT2D eigenvalue weighted by atomic mass is 16.6. The van der Waals surface area contributed by atoms with Crippen molar-refractivity contribution in [1.82, 2.24) is 0 Å². The number of nitrogens with zero attached hydrogens (tertiary/aromatic N) is 1. The number of aromatic hydroxyl groups is 1. The number of benzene rings is 1. The molecule has 0 saturated heterocycles. The van der Waals surface area contributed by atoms with E-state index < -0.39 is 0 Å². The Kier molecular flexibility index (Phi) is 5.94. The van der Waals surface area contributed by atoms with Crippen LogP contribution < -0.4 is 11.5 Å². The lowest BCUT2D eigenvalue weighted by molar-refractivity contribution is -0.729. The Hall–Kier alpha value is -2.31. The van der Waals surface area contributed by atoms with Crippen LogP contribution in [0.1, 0.15) is 52.7 Å². The van der Waals surface area contributed by atoms with Crippen molar-refractivity contribution in [3.05, 3.63) is 28.2 Å². The van der Waals surface area contributed by atoms with Gasteiger partial charge >= 0.3 is 5.69 Å². The van der Waals surface area contributed by atoms with E-state index in [1.54, 1.807) is 0 Å². The van der Waals surface area contributed by atoms with E-state index in [9.17, 15) is 10.0 Å². The Morgan fingerprint density at radius 2 is 1.32 bits per heavy atom. The highest BCUT2D eigenvalue weighted by Crippen LogP contribution is 2.41. The molecule has 0 aliphatic rings. The maximum absolute atomic E-state index is 11.1. The summed E-state index contributed by atoms with van der Waals surface area (Å²) >= 11 is 0. The molecule has 7 heteroatoms. The number of phenols is 1. The molecule has 22 heavy (non-hydrogen) atoms. The predicted octanol–water partition coefficient (Wildman–Crippen LogP) is 2.63. The first-order valence-electron chi connectivity index (χ1n) is 6.81. The van der Waals surface area contributed by atoms with Gasteiger partial charge in [-0.25, -0.2) is 5.21 Å². The van der Waals surface area contributed by atoms with Gasteiger partial charge in [0.1, 0.15) is 5.75 Å². The first-order chi connectivity index (χ1) is 9.67. The van der Waals surface area contributed by atoms with Gasteiger partial charge < -0.3 is 16.6 Å². The molecule has 0 spiro atoms. The summed E-state index contributed by atoms with van der Waals surface area (Å²) in [6, 6.07) is 3.05. The SMILES string of the molecule is CC(C)(C)c1cc([N+](=O)O)cc(C(C)(C)C)c1O.N=C(N)N. The number of hydrogen-bond donors (Lipinski definition) is 5. The average Bonchev–Trinajstić information content (AvgIpc) is 2.24. The number of nitrogens with two attached hydrogens (primary N) is 2. The zero-order valence-electron chi connectivity index (χ0n) is 14.1. The lowest BCUT2D eigenvalue weighted by Gasteiger charge is -2.26. The summed E-state index contributed by atoms with van der Waals surface area (Å²) in [5.41, 5.74) is 9.77. The smallest absolute Gasteiger partial charge is 0.317 e. The lowest BCUT2D eigenvalue weighted by atomic mass is 9.79. The molecule has 0 amide bonds. The number of rotatable bonds is 1. The van der Waals surface area contributed by atoms with Gasteiger partial charge in [0.05, 0.1) is 4.91 Å². The van der Waals surface area contributed by atoms with Crippen LogP contribution in [0.5, 0.6) is 5.75 Å². The van der Waals surface area contributed by atoms with Crippen LogP contribution in [0, 0.1) is 10.3 Å². The molecular formula is C15H27N4O3+. The van der Waals surface area contributed by atoms with Crippen LogP contribution in [0.3, 0.4) is 0 Å².